The molecule has 1 aromatic carbocycles. The maximum atomic E-state index is 11.7. The van der Waals surface area contributed by atoms with Gasteiger partial charge in [-0.25, -0.2) is 12.7 Å². The van der Waals surface area contributed by atoms with E-state index in [0.29, 0.717) is 24.9 Å². The van der Waals surface area contributed by atoms with Gasteiger partial charge in [0, 0.05) is 25.7 Å². The van der Waals surface area contributed by atoms with Crippen molar-refractivity contribution in [3.63, 3.8) is 0 Å². The largest absolute Gasteiger partial charge is 0.309 e. The zero-order valence-corrected chi connectivity index (χ0v) is 12.7. The summed E-state index contributed by atoms with van der Waals surface area (Å²) in [6.45, 7) is 4.13. The third-order valence-electron chi connectivity index (χ3n) is 4.33. The Labute approximate surface area is 121 Å². The van der Waals surface area contributed by atoms with Gasteiger partial charge in [0.2, 0.25) is 10.0 Å². The molecule has 5 heteroatoms. The molecule has 1 aliphatic carbocycles. The first-order valence-corrected chi connectivity index (χ1v) is 8.98. The molecular formula is C15H22N2O2S. The molecule has 0 amide bonds. The number of benzene rings is 1. The lowest BCUT2D eigenvalue weighted by Crippen LogP contribution is -2.34. The summed E-state index contributed by atoms with van der Waals surface area (Å²) in [7, 11) is -2.96. The molecule has 0 radical (unpaired) electrons. The Morgan fingerprint density at radius 1 is 1.40 bits per heavy atom. The molecule has 0 aromatic heterocycles. The van der Waals surface area contributed by atoms with E-state index in [0.717, 1.165) is 25.8 Å². The van der Waals surface area contributed by atoms with Gasteiger partial charge in [0.05, 0.1) is 5.75 Å². The Bertz CT molecular complexity index is 598. The number of nitrogens with zero attached hydrogens (tertiary/aromatic N) is 1. The van der Waals surface area contributed by atoms with E-state index in [9.17, 15) is 8.42 Å². The maximum absolute atomic E-state index is 11.7. The van der Waals surface area contributed by atoms with E-state index in [4.69, 9.17) is 0 Å². The number of nitrogens with one attached hydrogen (secondary N) is 1. The van der Waals surface area contributed by atoms with Gasteiger partial charge in [-0.05, 0) is 37.3 Å². The van der Waals surface area contributed by atoms with Crippen LogP contribution in [0.2, 0.25) is 0 Å². The summed E-state index contributed by atoms with van der Waals surface area (Å²) in [5.41, 5.74) is 4.12. The lowest BCUT2D eigenvalue weighted by Gasteiger charge is -2.18. The molecule has 1 aromatic rings. The van der Waals surface area contributed by atoms with E-state index in [-0.39, 0.29) is 0 Å². The molecule has 1 fully saturated rings. The molecule has 0 saturated carbocycles. The molecule has 1 atom stereocenters. The van der Waals surface area contributed by atoms with Crippen molar-refractivity contribution in [3.8, 4) is 0 Å². The number of rotatable bonds is 4. The van der Waals surface area contributed by atoms with Crippen LogP contribution in [0, 0.1) is 6.92 Å². The lowest BCUT2D eigenvalue weighted by molar-refractivity contribution is 0.415. The lowest BCUT2D eigenvalue weighted by atomic mass is 10.1. The molecule has 0 bridgehead atoms. The molecule has 1 aliphatic heterocycles. The number of hydrogen-bond donors (Lipinski definition) is 1. The summed E-state index contributed by atoms with van der Waals surface area (Å²) in [4.78, 5) is 0. The highest BCUT2D eigenvalue weighted by Gasteiger charge is 2.28. The van der Waals surface area contributed by atoms with E-state index >= 15 is 0 Å². The van der Waals surface area contributed by atoms with Crippen LogP contribution in [-0.2, 0) is 16.4 Å². The van der Waals surface area contributed by atoms with Crippen LogP contribution >= 0.6 is 0 Å². The van der Waals surface area contributed by atoms with Crippen molar-refractivity contribution >= 4 is 10.0 Å². The fourth-order valence-corrected chi connectivity index (χ4v) is 4.77. The van der Waals surface area contributed by atoms with Crippen molar-refractivity contribution in [2.45, 2.75) is 32.2 Å². The third kappa shape index (κ3) is 2.75. The van der Waals surface area contributed by atoms with Gasteiger partial charge in [-0.3, -0.25) is 0 Å². The Morgan fingerprint density at radius 3 is 3.00 bits per heavy atom. The van der Waals surface area contributed by atoms with Gasteiger partial charge in [0.15, 0.2) is 0 Å². The summed E-state index contributed by atoms with van der Waals surface area (Å²) in [6, 6.07) is 7.03. The van der Waals surface area contributed by atoms with Crippen molar-refractivity contribution in [2.24, 2.45) is 0 Å². The van der Waals surface area contributed by atoms with Crippen molar-refractivity contribution in [1.82, 2.24) is 9.62 Å². The number of aryl methyl sites for hydroxylation is 2. The number of sulfonamides is 1. The summed E-state index contributed by atoms with van der Waals surface area (Å²) >= 11 is 0. The van der Waals surface area contributed by atoms with Crippen molar-refractivity contribution in [3.05, 3.63) is 34.9 Å². The monoisotopic (exact) mass is 294 g/mol. The molecule has 0 spiro atoms. The quantitative estimate of drug-likeness (QED) is 0.918. The van der Waals surface area contributed by atoms with Crippen LogP contribution < -0.4 is 5.32 Å². The highest BCUT2D eigenvalue weighted by Crippen LogP contribution is 2.31. The molecule has 110 valence electrons. The Kier molecular flexibility index (Phi) is 3.84. The van der Waals surface area contributed by atoms with Crippen LogP contribution in [0.4, 0.5) is 0 Å². The van der Waals surface area contributed by atoms with Gasteiger partial charge in [0.25, 0.3) is 0 Å². The van der Waals surface area contributed by atoms with Crippen LogP contribution in [0.15, 0.2) is 18.2 Å². The number of hydrogen-bond acceptors (Lipinski definition) is 3. The minimum Gasteiger partial charge on any atom is -0.309 e. The van der Waals surface area contributed by atoms with Gasteiger partial charge in [-0.15, -0.1) is 0 Å². The predicted octanol–water partition coefficient (Wildman–Crippen LogP) is 1.61. The Balaban J connectivity index is 1.57. The molecular weight excluding hydrogens is 272 g/mol. The maximum Gasteiger partial charge on any atom is 0.214 e. The van der Waals surface area contributed by atoms with Crippen LogP contribution in [0.25, 0.3) is 0 Å². The topological polar surface area (TPSA) is 49.4 Å². The molecule has 3 rings (SSSR count). The van der Waals surface area contributed by atoms with Crippen molar-refractivity contribution < 1.29 is 8.42 Å². The van der Waals surface area contributed by atoms with Gasteiger partial charge in [0.1, 0.15) is 0 Å². The van der Waals surface area contributed by atoms with E-state index < -0.39 is 10.0 Å². The van der Waals surface area contributed by atoms with E-state index in [1.165, 1.54) is 16.7 Å². The van der Waals surface area contributed by atoms with Gasteiger partial charge in [-0.2, -0.15) is 0 Å². The van der Waals surface area contributed by atoms with Gasteiger partial charge >= 0.3 is 0 Å². The second kappa shape index (κ2) is 5.47. The summed E-state index contributed by atoms with van der Waals surface area (Å²) in [5.74, 6) is 0.318. The minimum atomic E-state index is -2.96. The molecule has 0 unspecified atom stereocenters. The smallest absolute Gasteiger partial charge is 0.214 e. The average molecular weight is 294 g/mol. The number of fused-ring (bicyclic) bond motifs is 1. The molecule has 1 N–H and O–H groups in total. The van der Waals surface area contributed by atoms with Crippen LogP contribution in [0.1, 0.15) is 35.6 Å². The van der Waals surface area contributed by atoms with Crippen LogP contribution in [0.3, 0.4) is 0 Å². The van der Waals surface area contributed by atoms with Crippen molar-refractivity contribution in [1.29, 1.82) is 0 Å². The molecule has 4 nitrogen and oxygen atoms in total. The molecule has 2 aliphatic rings. The summed E-state index contributed by atoms with van der Waals surface area (Å²) in [6.07, 6.45) is 3.01. The van der Waals surface area contributed by atoms with Gasteiger partial charge < -0.3 is 5.32 Å². The molecule has 1 saturated heterocycles. The zero-order chi connectivity index (χ0) is 14.2. The van der Waals surface area contributed by atoms with E-state index in [1.807, 2.05) is 0 Å². The Morgan fingerprint density at radius 2 is 2.25 bits per heavy atom. The SMILES string of the molecule is Cc1ccc2c(c1)[C@@H](NCCN1CCCS1(=O)=O)CC2. The van der Waals surface area contributed by atoms with Crippen LogP contribution in [0.5, 0.6) is 0 Å². The first-order valence-electron chi connectivity index (χ1n) is 7.37. The third-order valence-corrected chi connectivity index (χ3v) is 6.29. The first kappa shape index (κ1) is 14.0. The fraction of sp³-hybridized carbons (Fsp3) is 0.600. The normalized spacial score (nSPS) is 24.9. The Hall–Kier alpha value is -0.910. The standard InChI is InChI=1S/C15H22N2O2S/c1-12-3-4-13-5-6-15(14(13)11-12)16-7-9-17-8-2-10-20(17,18)19/h3-4,11,15-16H,2,5-10H2,1H3/t15-/m0/s1. The van der Waals surface area contributed by atoms with E-state index in [1.54, 1.807) is 4.31 Å². The fourth-order valence-electron chi connectivity index (χ4n) is 3.24. The minimum absolute atomic E-state index is 0.318. The molecule has 20 heavy (non-hydrogen) atoms. The van der Waals surface area contributed by atoms with Gasteiger partial charge in [-0.1, -0.05) is 23.8 Å². The second-order valence-electron chi connectivity index (χ2n) is 5.82. The van der Waals surface area contributed by atoms with E-state index in [2.05, 4.69) is 30.4 Å². The zero-order valence-electron chi connectivity index (χ0n) is 11.9. The highest BCUT2D eigenvalue weighted by molar-refractivity contribution is 7.89. The highest BCUT2D eigenvalue weighted by atomic mass is 32.2. The van der Waals surface area contributed by atoms with Crippen LogP contribution in [-0.4, -0.2) is 38.1 Å². The van der Waals surface area contributed by atoms with Crippen molar-refractivity contribution in [2.75, 3.05) is 25.4 Å². The second-order valence-corrected chi connectivity index (χ2v) is 7.90. The predicted molar refractivity (Wildman–Crippen MR) is 80.2 cm³/mol. The first-order chi connectivity index (χ1) is 9.56. The average Bonchev–Trinajstić information content (AvgIpc) is 2.94. The summed E-state index contributed by atoms with van der Waals surface area (Å²) < 4.78 is 25.1. The summed E-state index contributed by atoms with van der Waals surface area (Å²) in [5, 5.41) is 3.52. The molecule has 1 heterocycles.